The lowest BCUT2D eigenvalue weighted by Crippen LogP contribution is -2.16. The average molecular weight is 214 g/mol. The van der Waals surface area contributed by atoms with Gasteiger partial charge in [0.05, 0.1) is 0 Å². The first-order valence-corrected chi connectivity index (χ1v) is 4.56. The number of rotatable bonds is 5. The largest absolute Gasteiger partial charge is 0.406 e. The second kappa shape index (κ2) is 4.74. The summed E-state index contributed by atoms with van der Waals surface area (Å²) >= 11 is 0. The van der Waals surface area contributed by atoms with E-state index in [1.165, 1.54) is 6.33 Å². The number of anilines is 1. The van der Waals surface area contributed by atoms with E-state index in [9.17, 15) is 10.1 Å². The van der Waals surface area contributed by atoms with E-state index in [1.54, 1.807) is 11.6 Å². The molecule has 0 amide bonds. The van der Waals surface area contributed by atoms with Gasteiger partial charge in [-0.15, -0.1) is 0 Å². The Bertz CT molecular complexity index is 350. The smallest absolute Gasteiger partial charge is 0.396 e. The maximum Gasteiger partial charge on any atom is 0.406 e. The van der Waals surface area contributed by atoms with Gasteiger partial charge in [-0.1, -0.05) is 6.92 Å². The highest BCUT2D eigenvalue weighted by Gasteiger charge is 2.19. The van der Waals surface area contributed by atoms with Gasteiger partial charge >= 0.3 is 5.82 Å². The first-order chi connectivity index (χ1) is 7.06. The summed E-state index contributed by atoms with van der Waals surface area (Å²) < 4.78 is 1.54. The molecule has 84 valence electrons. The molecule has 0 saturated carbocycles. The summed E-state index contributed by atoms with van der Waals surface area (Å²) in [6, 6.07) is 0. The molecule has 0 aliphatic carbocycles. The first kappa shape index (κ1) is 11.4. The van der Waals surface area contributed by atoms with Crippen molar-refractivity contribution in [3.05, 3.63) is 16.4 Å². The lowest BCUT2D eigenvalue weighted by atomic mass is 10.2. The number of nitrogens with zero attached hydrogens (tertiary/aromatic N) is 3. The van der Waals surface area contributed by atoms with Gasteiger partial charge in [0.25, 0.3) is 0 Å². The molecule has 0 spiro atoms. The average Bonchev–Trinajstić information content (AvgIpc) is 2.56. The summed E-state index contributed by atoms with van der Waals surface area (Å²) in [4.78, 5) is 13.7. The van der Waals surface area contributed by atoms with Crippen LogP contribution >= 0.6 is 0 Å². The summed E-state index contributed by atoms with van der Waals surface area (Å²) in [6.07, 6.45) is 1.38. The molecule has 0 saturated heterocycles. The van der Waals surface area contributed by atoms with Gasteiger partial charge in [-0.2, -0.15) is 0 Å². The first-order valence-electron chi connectivity index (χ1n) is 4.56. The van der Waals surface area contributed by atoms with Crippen LogP contribution < -0.4 is 5.32 Å². The second-order valence-corrected chi connectivity index (χ2v) is 3.45. The number of aryl methyl sites for hydroxylation is 1. The van der Waals surface area contributed by atoms with Crippen molar-refractivity contribution in [1.82, 2.24) is 9.55 Å². The molecule has 0 fully saturated rings. The number of hydrogen-bond donors (Lipinski definition) is 2. The predicted molar refractivity (Wildman–Crippen MR) is 54.6 cm³/mol. The maximum absolute atomic E-state index is 10.6. The molecule has 7 nitrogen and oxygen atoms in total. The normalized spacial score (nSPS) is 12.5. The van der Waals surface area contributed by atoms with Crippen molar-refractivity contribution in [2.75, 3.05) is 18.5 Å². The van der Waals surface area contributed by atoms with Crippen molar-refractivity contribution in [2.45, 2.75) is 6.92 Å². The molecule has 1 atom stereocenters. The van der Waals surface area contributed by atoms with Crippen LogP contribution in [0.1, 0.15) is 6.92 Å². The Kier molecular flexibility index (Phi) is 3.62. The molecule has 0 aromatic carbocycles. The molecule has 0 bridgehead atoms. The SMILES string of the molecule is CC(CO)CNc1c([N+](=O)[O-])ncn1C. The lowest BCUT2D eigenvalue weighted by molar-refractivity contribution is -0.388. The number of aliphatic hydroxyl groups is 1. The maximum atomic E-state index is 10.6. The van der Waals surface area contributed by atoms with E-state index in [2.05, 4.69) is 10.3 Å². The van der Waals surface area contributed by atoms with E-state index in [0.717, 1.165) is 0 Å². The molecule has 1 aromatic rings. The molecule has 0 radical (unpaired) electrons. The molecule has 1 unspecified atom stereocenters. The Morgan fingerprint density at radius 3 is 3.00 bits per heavy atom. The molecule has 2 N–H and O–H groups in total. The van der Waals surface area contributed by atoms with Crippen LogP contribution in [-0.2, 0) is 7.05 Å². The molecule has 1 heterocycles. The fraction of sp³-hybridized carbons (Fsp3) is 0.625. The molecular weight excluding hydrogens is 200 g/mol. The minimum Gasteiger partial charge on any atom is -0.396 e. The van der Waals surface area contributed by atoms with Gasteiger partial charge in [0.15, 0.2) is 0 Å². The van der Waals surface area contributed by atoms with E-state index < -0.39 is 4.92 Å². The van der Waals surface area contributed by atoms with E-state index in [1.807, 2.05) is 6.92 Å². The zero-order valence-electron chi connectivity index (χ0n) is 8.67. The standard InChI is InChI=1S/C8H14N4O3/c1-6(4-13)3-9-7-8(12(14)15)10-5-11(7)2/h5-6,9,13H,3-4H2,1-2H3. The quantitative estimate of drug-likeness (QED) is 0.545. The van der Waals surface area contributed by atoms with Crippen LogP contribution in [0.3, 0.4) is 0 Å². The van der Waals surface area contributed by atoms with Crippen molar-refractivity contribution >= 4 is 11.6 Å². The Balaban J connectivity index is 2.75. The van der Waals surface area contributed by atoms with E-state index >= 15 is 0 Å². The number of nitro groups is 1. The van der Waals surface area contributed by atoms with Crippen LogP contribution in [0, 0.1) is 16.0 Å². The van der Waals surface area contributed by atoms with Crippen molar-refractivity contribution in [2.24, 2.45) is 13.0 Å². The van der Waals surface area contributed by atoms with Gasteiger partial charge in [0, 0.05) is 20.2 Å². The Labute approximate surface area is 86.9 Å². The summed E-state index contributed by atoms with van der Waals surface area (Å²) in [7, 11) is 1.67. The van der Waals surface area contributed by atoms with Crippen molar-refractivity contribution in [3.8, 4) is 0 Å². The zero-order valence-corrected chi connectivity index (χ0v) is 8.67. The Hall–Kier alpha value is -1.63. The second-order valence-electron chi connectivity index (χ2n) is 3.45. The van der Waals surface area contributed by atoms with Gasteiger partial charge in [0.2, 0.25) is 12.1 Å². The van der Waals surface area contributed by atoms with Gasteiger partial charge in [-0.25, -0.2) is 0 Å². The van der Waals surface area contributed by atoms with E-state index in [0.29, 0.717) is 12.4 Å². The molecule has 1 aromatic heterocycles. The Morgan fingerprint density at radius 2 is 2.47 bits per heavy atom. The topological polar surface area (TPSA) is 93.2 Å². The monoisotopic (exact) mass is 214 g/mol. The van der Waals surface area contributed by atoms with Crippen LogP contribution in [0.25, 0.3) is 0 Å². The van der Waals surface area contributed by atoms with Gasteiger partial charge in [0.1, 0.15) is 0 Å². The van der Waals surface area contributed by atoms with Crippen LogP contribution in [0.4, 0.5) is 11.6 Å². The molecule has 0 aliphatic rings. The molecular formula is C8H14N4O3. The number of aromatic nitrogens is 2. The van der Waals surface area contributed by atoms with E-state index in [-0.39, 0.29) is 18.3 Å². The van der Waals surface area contributed by atoms with Crippen LogP contribution in [-0.4, -0.2) is 32.7 Å². The van der Waals surface area contributed by atoms with Crippen molar-refractivity contribution in [1.29, 1.82) is 0 Å². The fourth-order valence-corrected chi connectivity index (χ4v) is 1.09. The van der Waals surface area contributed by atoms with Crippen LogP contribution in [0.15, 0.2) is 6.33 Å². The van der Waals surface area contributed by atoms with E-state index in [4.69, 9.17) is 5.11 Å². The number of nitrogens with one attached hydrogen (secondary N) is 1. The lowest BCUT2D eigenvalue weighted by Gasteiger charge is -2.10. The van der Waals surface area contributed by atoms with Gasteiger partial charge < -0.3 is 20.5 Å². The molecule has 1 rings (SSSR count). The summed E-state index contributed by atoms with van der Waals surface area (Å²) in [5.41, 5.74) is 0. The number of imidazole rings is 1. The highest BCUT2D eigenvalue weighted by atomic mass is 16.6. The number of hydrogen-bond acceptors (Lipinski definition) is 5. The summed E-state index contributed by atoms with van der Waals surface area (Å²) in [6.45, 7) is 2.35. The van der Waals surface area contributed by atoms with Crippen LogP contribution in [0.5, 0.6) is 0 Å². The minimum absolute atomic E-state index is 0.0403. The fourth-order valence-electron chi connectivity index (χ4n) is 1.09. The zero-order chi connectivity index (χ0) is 11.4. The van der Waals surface area contributed by atoms with Gasteiger partial charge in [-0.3, -0.25) is 4.57 Å². The summed E-state index contributed by atoms with van der Waals surface area (Å²) in [5, 5.41) is 22.3. The minimum atomic E-state index is -0.536. The molecule has 7 heteroatoms. The highest BCUT2D eigenvalue weighted by Crippen LogP contribution is 2.20. The van der Waals surface area contributed by atoms with Crippen molar-refractivity contribution < 1.29 is 10.0 Å². The molecule has 0 aliphatic heterocycles. The number of aliphatic hydroxyl groups excluding tert-OH is 1. The Morgan fingerprint density at radius 1 is 1.80 bits per heavy atom. The highest BCUT2D eigenvalue weighted by molar-refractivity contribution is 5.51. The van der Waals surface area contributed by atoms with Gasteiger partial charge in [-0.05, 0) is 15.8 Å². The molecule has 15 heavy (non-hydrogen) atoms. The third-order valence-electron chi connectivity index (χ3n) is 2.02. The summed E-state index contributed by atoms with van der Waals surface area (Å²) in [5.74, 6) is 0.211. The van der Waals surface area contributed by atoms with Crippen LogP contribution in [0.2, 0.25) is 0 Å². The predicted octanol–water partition coefficient (Wildman–Crippen LogP) is 0.369. The third-order valence-corrected chi connectivity index (χ3v) is 2.02. The third kappa shape index (κ3) is 2.66. The van der Waals surface area contributed by atoms with Crippen molar-refractivity contribution in [3.63, 3.8) is 0 Å².